The highest BCUT2D eigenvalue weighted by molar-refractivity contribution is 7.89. The summed E-state index contributed by atoms with van der Waals surface area (Å²) in [5.74, 6) is 0.244. The summed E-state index contributed by atoms with van der Waals surface area (Å²) in [6, 6.07) is 23.5. The van der Waals surface area contributed by atoms with Crippen LogP contribution in [0.5, 0.6) is 5.75 Å². The molecule has 5 aromatic rings. The lowest BCUT2D eigenvalue weighted by molar-refractivity contribution is 0.173. The van der Waals surface area contributed by atoms with Crippen LogP contribution >= 0.6 is 0 Å². The summed E-state index contributed by atoms with van der Waals surface area (Å²) >= 11 is 0. The Morgan fingerprint density at radius 1 is 0.944 bits per heavy atom. The lowest BCUT2D eigenvalue weighted by atomic mass is 10.0. The van der Waals surface area contributed by atoms with E-state index in [4.69, 9.17) is 4.74 Å². The minimum absolute atomic E-state index is 0.0817. The normalized spacial score (nSPS) is 13.4. The first-order chi connectivity index (χ1) is 17.4. The highest BCUT2D eigenvalue weighted by Crippen LogP contribution is 2.29. The van der Waals surface area contributed by atoms with Crippen LogP contribution in [-0.2, 0) is 10.0 Å². The Balaban J connectivity index is 1.44. The molecule has 36 heavy (non-hydrogen) atoms. The van der Waals surface area contributed by atoms with Crippen molar-refractivity contribution in [2.24, 2.45) is 0 Å². The van der Waals surface area contributed by atoms with Gasteiger partial charge in [0.2, 0.25) is 10.0 Å². The van der Waals surface area contributed by atoms with Gasteiger partial charge < -0.3 is 4.74 Å². The van der Waals surface area contributed by atoms with Crippen molar-refractivity contribution in [3.05, 3.63) is 115 Å². The van der Waals surface area contributed by atoms with Crippen molar-refractivity contribution in [3.8, 4) is 11.4 Å². The lowest BCUT2D eigenvalue weighted by Crippen LogP contribution is -2.39. The van der Waals surface area contributed by atoms with Crippen molar-refractivity contribution in [2.75, 3.05) is 0 Å². The summed E-state index contributed by atoms with van der Waals surface area (Å²) in [5.41, 5.74) is 2.39. The maximum Gasteiger partial charge on any atom is 0.242 e. The standard InChI is InChI=1S/C27H23FN4O3S/c1-19(31-36(33,34)25-8-5-15-29-18-25)27(20-6-3-2-4-7-20)35-24-13-14-26-21(16-24)17-30-32(26)23-11-9-22(28)10-12-23/h2-19,27,31H,1H3/t19-,27-/m0/s1. The summed E-state index contributed by atoms with van der Waals surface area (Å²) < 4.78 is 50.0. The third-order valence-corrected chi connectivity index (χ3v) is 7.29. The van der Waals surface area contributed by atoms with Gasteiger partial charge in [-0.3, -0.25) is 4.98 Å². The number of nitrogens with one attached hydrogen (secondary N) is 1. The first kappa shape index (κ1) is 23.7. The molecule has 3 aromatic carbocycles. The quantitative estimate of drug-likeness (QED) is 0.321. The average molecular weight is 503 g/mol. The van der Waals surface area contributed by atoms with E-state index in [1.165, 1.54) is 30.6 Å². The summed E-state index contributed by atoms with van der Waals surface area (Å²) in [6.07, 6.45) is 3.92. The van der Waals surface area contributed by atoms with Crippen molar-refractivity contribution in [3.63, 3.8) is 0 Å². The number of nitrogens with zero attached hydrogens (tertiary/aromatic N) is 3. The molecule has 0 fully saturated rings. The minimum atomic E-state index is -3.80. The number of halogens is 1. The Morgan fingerprint density at radius 3 is 2.44 bits per heavy atom. The minimum Gasteiger partial charge on any atom is -0.484 e. The van der Waals surface area contributed by atoms with E-state index in [0.717, 1.165) is 22.2 Å². The zero-order valence-electron chi connectivity index (χ0n) is 19.3. The summed E-state index contributed by atoms with van der Waals surface area (Å²) in [5, 5.41) is 5.26. The number of hydrogen-bond donors (Lipinski definition) is 1. The zero-order chi connectivity index (χ0) is 25.1. The van der Waals surface area contributed by atoms with Gasteiger partial charge in [0.1, 0.15) is 22.6 Å². The fraction of sp³-hybridized carbons (Fsp3) is 0.111. The molecule has 182 valence electrons. The number of sulfonamides is 1. The van der Waals surface area contributed by atoms with E-state index in [9.17, 15) is 12.8 Å². The van der Waals surface area contributed by atoms with Gasteiger partial charge in [-0.2, -0.15) is 5.10 Å². The molecular formula is C27H23FN4O3S. The molecule has 7 nitrogen and oxygen atoms in total. The molecule has 2 heterocycles. The van der Waals surface area contributed by atoms with Gasteiger partial charge in [0.05, 0.1) is 23.4 Å². The molecule has 0 amide bonds. The van der Waals surface area contributed by atoms with E-state index >= 15 is 0 Å². The molecule has 2 atom stereocenters. The third-order valence-electron chi connectivity index (χ3n) is 5.74. The van der Waals surface area contributed by atoms with Crippen molar-refractivity contribution < 1.29 is 17.5 Å². The molecule has 0 spiro atoms. The van der Waals surface area contributed by atoms with Crippen LogP contribution in [0, 0.1) is 5.82 Å². The number of rotatable bonds is 8. The van der Waals surface area contributed by atoms with Crippen LogP contribution in [0.2, 0.25) is 0 Å². The van der Waals surface area contributed by atoms with Crippen LogP contribution in [-0.4, -0.2) is 29.2 Å². The van der Waals surface area contributed by atoms with Crippen LogP contribution in [0.3, 0.4) is 0 Å². The van der Waals surface area contributed by atoms with E-state index in [1.54, 1.807) is 36.0 Å². The van der Waals surface area contributed by atoms with Gasteiger partial charge in [0, 0.05) is 17.8 Å². The Bertz CT molecular complexity index is 1570. The molecular weight excluding hydrogens is 479 g/mol. The maximum atomic E-state index is 13.3. The highest BCUT2D eigenvalue weighted by Gasteiger charge is 2.27. The highest BCUT2D eigenvalue weighted by atomic mass is 32.2. The van der Waals surface area contributed by atoms with Crippen molar-refractivity contribution in [2.45, 2.75) is 24.0 Å². The number of hydrogen-bond acceptors (Lipinski definition) is 5. The Hall–Kier alpha value is -4.08. The van der Waals surface area contributed by atoms with Gasteiger partial charge in [-0.05, 0) is 67.1 Å². The van der Waals surface area contributed by atoms with Gasteiger partial charge in [0.15, 0.2) is 0 Å². The fourth-order valence-corrected chi connectivity index (χ4v) is 5.21. The van der Waals surface area contributed by atoms with E-state index in [1.807, 2.05) is 48.5 Å². The maximum absolute atomic E-state index is 13.3. The molecule has 0 aliphatic rings. The number of fused-ring (bicyclic) bond motifs is 1. The van der Waals surface area contributed by atoms with Crippen molar-refractivity contribution in [1.82, 2.24) is 19.5 Å². The molecule has 2 aromatic heterocycles. The van der Waals surface area contributed by atoms with Gasteiger partial charge in [-0.15, -0.1) is 0 Å². The van der Waals surface area contributed by atoms with Crippen molar-refractivity contribution >= 4 is 20.9 Å². The first-order valence-corrected chi connectivity index (χ1v) is 12.8. The number of aromatic nitrogens is 3. The number of ether oxygens (including phenoxy) is 1. The Morgan fingerprint density at radius 2 is 1.72 bits per heavy atom. The predicted molar refractivity (Wildman–Crippen MR) is 135 cm³/mol. The predicted octanol–water partition coefficient (Wildman–Crippen LogP) is 5.05. The molecule has 0 aliphatic carbocycles. The van der Waals surface area contributed by atoms with E-state index in [0.29, 0.717) is 5.75 Å². The van der Waals surface area contributed by atoms with Crippen LogP contribution in [0.15, 0.2) is 108 Å². The van der Waals surface area contributed by atoms with E-state index < -0.39 is 22.2 Å². The number of pyridine rings is 1. The van der Waals surface area contributed by atoms with E-state index in [-0.39, 0.29) is 10.7 Å². The van der Waals surface area contributed by atoms with Crippen LogP contribution in [0.25, 0.3) is 16.6 Å². The first-order valence-electron chi connectivity index (χ1n) is 11.3. The molecule has 0 aliphatic heterocycles. The Labute approximate surface area is 208 Å². The van der Waals surface area contributed by atoms with Gasteiger partial charge >= 0.3 is 0 Å². The number of benzene rings is 3. The largest absolute Gasteiger partial charge is 0.484 e. The third kappa shape index (κ3) is 4.98. The van der Waals surface area contributed by atoms with E-state index in [2.05, 4.69) is 14.8 Å². The van der Waals surface area contributed by atoms with Crippen LogP contribution < -0.4 is 9.46 Å². The van der Waals surface area contributed by atoms with Crippen molar-refractivity contribution in [1.29, 1.82) is 0 Å². The average Bonchev–Trinajstić information content (AvgIpc) is 3.32. The zero-order valence-corrected chi connectivity index (χ0v) is 20.1. The van der Waals surface area contributed by atoms with Gasteiger partial charge in [0.25, 0.3) is 0 Å². The van der Waals surface area contributed by atoms with Crippen LogP contribution in [0.4, 0.5) is 4.39 Å². The van der Waals surface area contributed by atoms with Gasteiger partial charge in [-0.25, -0.2) is 22.2 Å². The monoisotopic (exact) mass is 502 g/mol. The summed E-state index contributed by atoms with van der Waals surface area (Å²) in [7, 11) is -3.80. The molecule has 1 N–H and O–H groups in total. The second kappa shape index (κ2) is 9.88. The fourth-order valence-electron chi connectivity index (χ4n) is 4.00. The molecule has 5 rings (SSSR count). The SMILES string of the molecule is C[C@H](NS(=O)(=O)c1cccnc1)[C@H](Oc1ccc2c(cnn2-c2ccc(F)cc2)c1)c1ccccc1. The molecule has 9 heteroatoms. The smallest absolute Gasteiger partial charge is 0.242 e. The topological polar surface area (TPSA) is 86.1 Å². The summed E-state index contributed by atoms with van der Waals surface area (Å²) in [6.45, 7) is 1.76. The molecule has 0 radical (unpaired) electrons. The lowest BCUT2D eigenvalue weighted by Gasteiger charge is -2.26. The molecule has 0 unspecified atom stereocenters. The molecule has 0 bridgehead atoms. The molecule has 0 saturated carbocycles. The second-order valence-electron chi connectivity index (χ2n) is 8.30. The molecule has 0 saturated heterocycles. The summed E-state index contributed by atoms with van der Waals surface area (Å²) in [4.78, 5) is 3.99. The second-order valence-corrected chi connectivity index (χ2v) is 10.0. The Kier molecular flexibility index (Phi) is 6.49. The van der Waals surface area contributed by atoms with Crippen LogP contribution in [0.1, 0.15) is 18.6 Å². The van der Waals surface area contributed by atoms with Gasteiger partial charge in [-0.1, -0.05) is 30.3 Å².